The van der Waals surface area contributed by atoms with Gasteiger partial charge in [-0.1, -0.05) is 29.8 Å². The lowest BCUT2D eigenvalue weighted by atomic mass is 10.1. The number of carbonyl (C=O) groups is 1. The first kappa shape index (κ1) is 18.6. The van der Waals surface area contributed by atoms with Gasteiger partial charge in [-0.15, -0.1) is 12.4 Å². The van der Waals surface area contributed by atoms with Gasteiger partial charge >= 0.3 is 0 Å². The first-order chi connectivity index (χ1) is 11.2. The van der Waals surface area contributed by atoms with Crippen molar-refractivity contribution >= 4 is 35.6 Å². The Morgan fingerprint density at radius 3 is 2.75 bits per heavy atom. The van der Waals surface area contributed by atoms with Crippen molar-refractivity contribution in [1.82, 2.24) is 5.32 Å². The number of anilines is 1. The van der Waals surface area contributed by atoms with Gasteiger partial charge < -0.3 is 15.4 Å². The molecule has 128 valence electrons. The van der Waals surface area contributed by atoms with Crippen molar-refractivity contribution in [2.45, 2.75) is 13.0 Å². The molecule has 0 aromatic heterocycles. The predicted octanol–water partition coefficient (Wildman–Crippen LogP) is 3.89. The van der Waals surface area contributed by atoms with Crippen LogP contribution in [0.5, 0.6) is 5.75 Å². The van der Waals surface area contributed by atoms with E-state index in [1.165, 1.54) is 0 Å². The van der Waals surface area contributed by atoms with Crippen LogP contribution >= 0.6 is 24.0 Å². The molecule has 1 aliphatic heterocycles. The molecule has 1 amide bonds. The molecule has 1 heterocycles. The first-order valence-electron chi connectivity index (χ1n) is 7.69. The van der Waals surface area contributed by atoms with Gasteiger partial charge in [0, 0.05) is 23.3 Å². The Kier molecular flexibility index (Phi) is 6.91. The molecule has 2 aromatic rings. The second-order valence-corrected chi connectivity index (χ2v) is 6.06. The summed E-state index contributed by atoms with van der Waals surface area (Å²) in [6, 6.07) is 15.0. The molecule has 1 aliphatic rings. The Morgan fingerprint density at radius 2 is 2.04 bits per heavy atom. The maximum atomic E-state index is 12.1. The largest absolute Gasteiger partial charge is 0.489 e. The van der Waals surface area contributed by atoms with Crippen LogP contribution in [0, 0.1) is 5.92 Å². The molecule has 0 saturated carbocycles. The van der Waals surface area contributed by atoms with E-state index in [0.29, 0.717) is 11.6 Å². The first-order valence-corrected chi connectivity index (χ1v) is 8.07. The summed E-state index contributed by atoms with van der Waals surface area (Å²) in [5.74, 6) is 0.834. The van der Waals surface area contributed by atoms with Crippen molar-refractivity contribution in [3.8, 4) is 5.75 Å². The van der Waals surface area contributed by atoms with E-state index in [9.17, 15) is 4.79 Å². The van der Waals surface area contributed by atoms with Crippen LogP contribution < -0.4 is 15.4 Å². The van der Waals surface area contributed by atoms with E-state index in [-0.39, 0.29) is 24.2 Å². The third kappa shape index (κ3) is 5.13. The van der Waals surface area contributed by atoms with E-state index in [1.54, 1.807) is 0 Å². The fourth-order valence-corrected chi connectivity index (χ4v) is 2.66. The molecule has 0 aliphatic carbocycles. The van der Waals surface area contributed by atoms with E-state index in [0.717, 1.165) is 36.5 Å². The van der Waals surface area contributed by atoms with Gasteiger partial charge in [0.25, 0.3) is 0 Å². The van der Waals surface area contributed by atoms with Crippen LogP contribution in [0.3, 0.4) is 0 Å². The van der Waals surface area contributed by atoms with Gasteiger partial charge in [-0.3, -0.25) is 4.79 Å². The monoisotopic (exact) mass is 366 g/mol. The van der Waals surface area contributed by atoms with Gasteiger partial charge in [0.2, 0.25) is 5.91 Å². The summed E-state index contributed by atoms with van der Waals surface area (Å²) >= 11 is 5.87. The lowest BCUT2D eigenvalue weighted by Crippen LogP contribution is -2.24. The Bertz CT molecular complexity index is 671. The second-order valence-electron chi connectivity index (χ2n) is 5.62. The minimum Gasteiger partial charge on any atom is -0.489 e. The SMILES string of the molecule is Cl.O=C(Nc1cccc(OCc2ccc(Cl)cc2)c1)C1CCNC1. The molecule has 0 spiro atoms. The maximum Gasteiger partial charge on any atom is 0.228 e. The van der Waals surface area contributed by atoms with Gasteiger partial charge in [-0.05, 0) is 42.8 Å². The minimum atomic E-state index is 0. The molecule has 3 rings (SSSR count). The fourth-order valence-electron chi connectivity index (χ4n) is 2.53. The summed E-state index contributed by atoms with van der Waals surface area (Å²) in [5, 5.41) is 6.86. The number of hydrogen-bond donors (Lipinski definition) is 2. The normalized spacial score (nSPS) is 16.3. The summed E-state index contributed by atoms with van der Waals surface area (Å²) < 4.78 is 5.77. The summed E-state index contributed by atoms with van der Waals surface area (Å²) in [5.41, 5.74) is 1.80. The van der Waals surface area contributed by atoms with E-state index in [1.807, 2.05) is 48.5 Å². The molecule has 4 nitrogen and oxygen atoms in total. The van der Waals surface area contributed by atoms with Crippen LogP contribution in [0.15, 0.2) is 48.5 Å². The lowest BCUT2D eigenvalue weighted by molar-refractivity contribution is -0.119. The van der Waals surface area contributed by atoms with Crippen molar-refractivity contribution in [3.63, 3.8) is 0 Å². The number of nitrogens with one attached hydrogen (secondary N) is 2. The van der Waals surface area contributed by atoms with Crippen LogP contribution in [0.2, 0.25) is 5.02 Å². The summed E-state index contributed by atoms with van der Waals surface area (Å²) in [6.45, 7) is 2.11. The average Bonchev–Trinajstić information content (AvgIpc) is 3.09. The number of ether oxygens (including phenoxy) is 1. The molecular weight excluding hydrogens is 347 g/mol. The molecule has 1 fully saturated rings. The third-order valence-electron chi connectivity index (χ3n) is 3.85. The van der Waals surface area contributed by atoms with Gasteiger partial charge in [-0.25, -0.2) is 0 Å². The summed E-state index contributed by atoms with van der Waals surface area (Å²) in [4.78, 5) is 12.1. The van der Waals surface area contributed by atoms with E-state index < -0.39 is 0 Å². The van der Waals surface area contributed by atoms with Crippen LogP contribution in [-0.4, -0.2) is 19.0 Å². The number of carbonyl (C=O) groups excluding carboxylic acids is 1. The van der Waals surface area contributed by atoms with Gasteiger partial charge in [0.1, 0.15) is 12.4 Å². The highest BCUT2D eigenvalue weighted by molar-refractivity contribution is 6.30. The molecule has 2 aromatic carbocycles. The zero-order chi connectivity index (χ0) is 16.1. The highest BCUT2D eigenvalue weighted by Gasteiger charge is 2.22. The maximum absolute atomic E-state index is 12.1. The van der Waals surface area contributed by atoms with Gasteiger partial charge in [-0.2, -0.15) is 0 Å². The Labute approximate surface area is 153 Å². The molecule has 1 atom stereocenters. The standard InChI is InChI=1S/C18H19ClN2O2.ClH/c19-15-6-4-13(5-7-15)12-23-17-3-1-2-16(10-17)21-18(22)14-8-9-20-11-14;/h1-7,10,14,20H,8-9,11-12H2,(H,21,22);1H. The number of halogens is 2. The molecule has 0 bridgehead atoms. The zero-order valence-corrected chi connectivity index (χ0v) is 14.7. The molecule has 1 unspecified atom stereocenters. The van der Waals surface area contributed by atoms with Crippen LogP contribution in [0.1, 0.15) is 12.0 Å². The van der Waals surface area contributed by atoms with E-state index >= 15 is 0 Å². The quantitative estimate of drug-likeness (QED) is 0.843. The highest BCUT2D eigenvalue weighted by atomic mass is 35.5. The second kappa shape index (κ2) is 8.92. The average molecular weight is 367 g/mol. The number of hydrogen-bond acceptors (Lipinski definition) is 3. The van der Waals surface area contributed by atoms with Crippen molar-refractivity contribution in [3.05, 3.63) is 59.1 Å². The number of amides is 1. The molecule has 6 heteroatoms. The van der Waals surface area contributed by atoms with Crippen LogP contribution in [-0.2, 0) is 11.4 Å². The number of rotatable bonds is 5. The zero-order valence-electron chi connectivity index (χ0n) is 13.1. The molecule has 0 radical (unpaired) electrons. The topological polar surface area (TPSA) is 50.4 Å². The summed E-state index contributed by atoms with van der Waals surface area (Å²) in [7, 11) is 0. The minimum absolute atomic E-state index is 0. The van der Waals surface area contributed by atoms with Gasteiger partial charge in [0.05, 0.1) is 5.92 Å². The highest BCUT2D eigenvalue weighted by Crippen LogP contribution is 2.20. The van der Waals surface area contributed by atoms with Crippen molar-refractivity contribution in [2.75, 3.05) is 18.4 Å². The number of benzene rings is 2. The van der Waals surface area contributed by atoms with E-state index in [4.69, 9.17) is 16.3 Å². The van der Waals surface area contributed by atoms with Crippen molar-refractivity contribution < 1.29 is 9.53 Å². The van der Waals surface area contributed by atoms with Crippen molar-refractivity contribution in [2.24, 2.45) is 5.92 Å². The lowest BCUT2D eigenvalue weighted by Gasteiger charge is -2.12. The van der Waals surface area contributed by atoms with Crippen LogP contribution in [0.4, 0.5) is 5.69 Å². The van der Waals surface area contributed by atoms with Crippen molar-refractivity contribution in [1.29, 1.82) is 0 Å². The van der Waals surface area contributed by atoms with Crippen LogP contribution in [0.25, 0.3) is 0 Å². The van der Waals surface area contributed by atoms with Gasteiger partial charge in [0.15, 0.2) is 0 Å². The summed E-state index contributed by atoms with van der Waals surface area (Å²) in [6.07, 6.45) is 0.887. The molecule has 24 heavy (non-hydrogen) atoms. The smallest absolute Gasteiger partial charge is 0.228 e. The molecular formula is C18H20Cl2N2O2. The predicted molar refractivity (Wildman–Crippen MR) is 99.1 cm³/mol. The Morgan fingerprint density at radius 1 is 1.25 bits per heavy atom. The Hall–Kier alpha value is -1.75. The fraction of sp³-hybridized carbons (Fsp3) is 0.278. The molecule has 1 saturated heterocycles. The van der Waals surface area contributed by atoms with E-state index in [2.05, 4.69) is 10.6 Å². The Balaban J connectivity index is 0.00000208. The molecule has 2 N–H and O–H groups in total. The third-order valence-corrected chi connectivity index (χ3v) is 4.10.